The second kappa shape index (κ2) is 5.68. The minimum Gasteiger partial charge on any atom is -0.479 e. The van der Waals surface area contributed by atoms with E-state index in [9.17, 15) is 9.90 Å². The van der Waals surface area contributed by atoms with Crippen molar-refractivity contribution >= 4 is 5.97 Å². The third kappa shape index (κ3) is 2.23. The Morgan fingerprint density at radius 3 is 1.96 bits per heavy atom. The summed E-state index contributed by atoms with van der Waals surface area (Å²) in [5, 5.41) is 9.19. The molecule has 0 aliphatic carbocycles. The number of hydrogen-bond donors (Lipinski definition) is 2. The van der Waals surface area contributed by atoms with Gasteiger partial charge in [-0.1, -0.05) is 60.7 Å². The summed E-state index contributed by atoms with van der Waals surface area (Å²) in [6.45, 7) is 0. The van der Waals surface area contributed by atoms with Crippen molar-refractivity contribution in [3.63, 3.8) is 0 Å². The zero-order valence-electron chi connectivity index (χ0n) is 12.7. The van der Waals surface area contributed by atoms with Gasteiger partial charge in [0, 0.05) is 11.1 Å². The molecule has 6 nitrogen and oxygen atoms in total. The van der Waals surface area contributed by atoms with Crippen LogP contribution in [0.1, 0.15) is 11.1 Å². The molecule has 2 heterocycles. The van der Waals surface area contributed by atoms with Crippen molar-refractivity contribution in [1.82, 2.24) is 0 Å². The van der Waals surface area contributed by atoms with Crippen molar-refractivity contribution in [1.29, 1.82) is 0 Å². The number of rotatable bonds is 3. The molecular formula is C18H17NO5. The Balaban J connectivity index is 1.75. The van der Waals surface area contributed by atoms with Gasteiger partial charge in [-0.25, -0.2) is 4.79 Å². The van der Waals surface area contributed by atoms with E-state index in [1.807, 2.05) is 60.7 Å². The van der Waals surface area contributed by atoms with Gasteiger partial charge in [0.05, 0.1) is 6.04 Å². The number of aliphatic carboxylic acids is 1. The average molecular weight is 327 g/mol. The fraction of sp³-hybridized carbons (Fsp3) is 0.278. The van der Waals surface area contributed by atoms with Crippen molar-refractivity contribution in [3.8, 4) is 0 Å². The molecule has 24 heavy (non-hydrogen) atoms. The van der Waals surface area contributed by atoms with E-state index in [2.05, 4.69) is 0 Å². The average Bonchev–Trinajstić information content (AvgIpc) is 3.14. The number of nitrogens with two attached hydrogens (primary N) is 1. The molecule has 0 unspecified atom stereocenters. The van der Waals surface area contributed by atoms with Gasteiger partial charge in [0.25, 0.3) is 0 Å². The predicted molar refractivity (Wildman–Crippen MR) is 83.9 cm³/mol. The molecule has 2 saturated heterocycles. The van der Waals surface area contributed by atoms with Gasteiger partial charge in [-0.05, 0) is 0 Å². The molecule has 2 aliphatic rings. The van der Waals surface area contributed by atoms with E-state index in [-0.39, 0.29) is 0 Å². The lowest BCUT2D eigenvalue weighted by atomic mass is 9.97. The lowest BCUT2D eigenvalue weighted by molar-refractivity contribution is -0.214. The second-order valence-corrected chi connectivity index (χ2v) is 5.89. The smallest absolute Gasteiger partial charge is 0.334 e. The van der Waals surface area contributed by atoms with E-state index < -0.39 is 36.3 Å². The third-order valence-corrected chi connectivity index (χ3v) is 4.41. The van der Waals surface area contributed by atoms with Gasteiger partial charge < -0.3 is 25.1 Å². The molecule has 0 bridgehead atoms. The largest absolute Gasteiger partial charge is 0.479 e. The molecule has 0 saturated carbocycles. The molecule has 0 spiro atoms. The maximum atomic E-state index is 11.2. The van der Waals surface area contributed by atoms with Gasteiger partial charge in [0.15, 0.2) is 12.4 Å². The maximum Gasteiger partial charge on any atom is 0.334 e. The molecule has 0 amide bonds. The van der Waals surface area contributed by atoms with Gasteiger partial charge in [-0.15, -0.1) is 0 Å². The molecule has 4 rings (SSSR count). The number of hydrogen-bond acceptors (Lipinski definition) is 5. The van der Waals surface area contributed by atoms with Crippen molar-refractivity contribution < 1.29 is 24.1 Å². The standard InChI is InChI=1S/C18H17NO5/c19-13-14(16(20)21)22-17-15(13)23-18(24-17,11-7-3-1-4-8-11)12-9-5-2-6-10-12/h1-10,13-15,17H,19H2,(H,20,21)/t13-,14+,15-,17-/m1/s1. The van der Waals surface area contributed by atoms with E-state index in [0.717, 1.165) is 11.1 Å². The Morgan fingerprint density at radius 2 is 1.50 bits per heavy atom. The number of benzene rings is 2. The van der Waals surface area contributed by atoms with E-state index in [1.165, 1.54) is 0 Å². The highest BCUT2D eigenvalue weighted by molar-refractivity contribution is 5.74. The summed E-state index contributed by atoms with van der Waals surface area (Å²) < 4.78 is 17.8. The summed E-state index contributed by atoms with van der Waals surface area (Å²) in [6, 6.07) is 18.2. The predicted octanol–water partition coefficient (Wildman–Crippen LogP) is 1.44. The Morgan fingerprint density at radius 1 is 0.958 bits per heavy atom. The van der Waals surface area contributed by atoms with Crippen LogP contribution in [0.3, 0.4) is 0 Å². The zero-order chi connectivity index (χ0) is 16.7. The molecule has 2 aromatic carbocycles. The molecular weight excluding hydrogens is 310 g/mol. The molecule has 4 atom stereocenters. The lowest BCUT2D eigenvalue weighted by Crippen LogP contribution is -2.45. The fourth-order valence-corrected chi connectivity index (χ4v) is 3.26. The summed E-state index contributed by atoms with van der Waals surface area (Å²) in [5.41, 5.74) is 7.63. The van der Waals surface area contributed by atoms with Crippen molar-refractivity contribution in [2.75, 3.05) is 0 Å². The van der Waals surface area contributed by atoms with Crippen LogP contribution in [0, 0.1) is 0 Å². The van der Waals surface area contributed by atoms with Crippen LogP contribution in [0.4, 0.5) is 0 Å². The van der Waals surface area contributed by atoms with Crippen LogP contribution < -0.4 is 5.73 Å². The molecule has 124 valence electrons. The minimum atomic E-state index is -1.17. The molecule has 6 heteroatoms. The van der Waals surface area contributed by atoms with Gasteiger partial charge in [0.1, 0.15) is 6.10 Å². The first kappa shape index (κ1) is 15.3. The van der Waals surface area contributed by atoms with Crippen LogP contribution in [0.15, 0.2) is 60.7 Å². The van der Waals surface area contributed by atoms with Gasteiger partial charge in [-0.3, -0.25) is 0 Å². The summed E-state index contributed by atoms with van der Waals surface area (Å²) in [5.74, 6) is -2.28. The first-order chi connectivity index (χ1) is 11.6. The summed E-state index contributed by atoms with van der Waals surface area (Å²) in [4.78, 5) is 11.2. The Bertz CT molecular complexity index is 696. The van der Waals surface area contributed by atoms with E-state index >= 15 is 0 Å². The summed E-state index contributed by atoms with van der Waals surface area (Å²) in [7, 11) is 0. The Labute approximate surface area is 138 Å². The highest BCUT2D eigenvalue weighted by Gasteiger charge is 2.59. The van der Waals surface area contributed by atoms with Crippen LogP contribution in [0.2, 0.25) is 0 Å². The van der Waals surface area contributed by atoms with E-state index in [0.29, 0.717) is 0 Å². The van der Waals surface area contributed by atoms with Gasteiger partial charge in [-0.2, -0.15) is 0 Å². The normalized spacial score (nSPS) is 30.9. The fourth-order valence-electron chi connectivity index (χ4n) is 3.26. The van der Waals surface area contributed by atoms with Crippen LogP contribution >= 0.6 is 0 Å². The Kier molecular flexibility index (Phi) is 3.62. The van der Waals surface area contributed by atoms with Gasteiger partial charge >= 0.3 is 5.97 Å². The van der Waals surface area contributed by atoms with E-state index in [1.54, 1.807) is 0 Å². The summed E-state index contributed by atoms with van der Waals surface area (Å²) >= 11 is 0. The molecule has 2 aromatic rings. The van der Waals surface area contributed by atoms with Crippen molar-refractivity contribution in [2.24, 2.45) is 5.73 Å². The Hall–Kier alpha value is -2.25. The first-order valence-corrected chi connectivity index (χ1v) is 7.72. The number of fused-ring (bicyclic) bond motifs is 1. The monoisotopic (exact) mass is 327 g/mol. The van der Waals surface area contributed by atoms with Crippen LogP contribution in [0.25, 0.3) is 0 Å². The molecule has 2 fully saturated rings. The first-order valence-electron chi connectivity index (χ1n) is 7.72. The number of carbonyl (C=O) groups is 1. The van der Waals surface area contributed by atoms with Crippen LogP contribution in [-0.2, 0) is 24.8 Å². The minimum absolute atomic E-state index is 0.661. The third-order valence-electron chi connectivity index (χ3n) is 4.41. The van der Waals surface area contributed by atoms with Crippen molar-refractivity contribution in [3.05, 3.63) is 71.8 Å². The van der Waals surface area contributed by atoms with Crippen molar-refractivity contribution in [2.45, 2.75) is 30.3 Å². The number of carboxylic acids is 1. The summed E-state index contributed by atoms with van der Waals surface area (Å²) in [6.07, 6.45) is -2.63. The topological polar surface area (TPSA) is 91.0 Å². The lowest BCUT2D eigenvalue weighted by Gasteiger charge is -2.31. The van der Waals surface area contributed by atoms with Crippen LogP contribution in [-0.4, -0.2) is 35.6 Å². The molecule has 2 aliphatic heterocycles. The maximum absolute atomic E-state index is 11.2. The molecule has 3 N–H and O–H groups in total. The quantitative estimate of drug-likeness (QED) is 0.886. The van der Waals surface area contributed by atoms with Gasteiger partial charge in [0.2, 0.25) is 5.79 Å². The van der Waals surface area contributed by atoms with E-state index in [4.69, 9.17) is 19.9 Å². The molecule has 0 radical (unpaired) electrons. The number of carboxylic acid groups (broad SMARTS) is 1. The molecule has 0 aromatic heterocycles. The zero-order valence-corrected chi connectivity index (χ0v) is 12.7. The highest BCUT2D eigenvalue weighted by atomic mass is 16.8. The van der Waals surface area contributed by atoms with Crippen LogP contribution in [0.5, 0.6) is 0 Å². The second-order valence-electron chi connectivity index (χ2n) is 5.89. The SMILES string of the molecule is N[C@H]1[C@H]2OC(c3ccccc3)(c3ccccc3)O[C@H]2O[C@@H]1C(=O)O. The highest BCUT2D eigenvalue weighted by Crippen LogP contribution is 2.46. The number of ether oxygens (including phenoxy) is 3.